The Kier molecular flexibility index (Phi) is 4.76. The van der Waals surface area contributed by atoms with Crippen LogP contribution in [-0.4, -0.2) is 30.4 Å². The Labute approximate surface area is 102 Å². The van der Waals surface area contributed by atoms with Crippen LogP contribution in [0.4, 0.5) is 0 Å². The van der Waals surface area contributed by atoms with Gasteiger partial charge >= 0.3 is 0 Å². The van der Waals surface area contributed by atoms with Gasteiger partial charge in [-0.2, -0.15) is 0 Å². The van der Waals surface area contributed by atoms with Gasteiger partial charge in [0.05, 0.1) is 6.10 Å². The molecule has 1 atom stereocenters. The number of hydrogen-bond acceptors (Lipinski definition) is 3. The van der Waals surface area contributed by atoms with Crippen molar-refractivity contribution in [1.82, 2.24) is 9.88 Å². The molecule has 4 nitrogen and oxygen atoms in total. The smallest absolute Gasteiger partial charge is 0.250 e. The van der Waals surface area contributed by atoms with Gasteiger partial charge in [-0.3, -0.25) is 4.79 Å². The van der Waals surface area contributed by atoms with Crippen LogP contribution in [-0.2, 0) is 11.3 Å². The molecule has 1 aliphatic heterocycles. The highest BCUT2D eigenvalue weighted by atomic mass is 16.5. The number of pyridine rings is 1. The van der Waals surface area contributed by atoms with E-state index in [9.17, 15) is 4.79 Å². The summed E-state index contributed by atoms with van der Waals surface area (Å²) in [4.78, 5) is 11.4. The van der Waals surface area contributed by atoms with E-state index in [1.54, 1.807) is 16.7 Å². The van der Waals surface area contributed by atoms with Gasteiger partial charge in [0.1, 0.15) is 0 Å². The first-order valence-electron chi connectivity index (χ1n) is 6.34. The van der Waals surface area contributed by atoms with E-state index in [1.807, 2.05) is 12.3 Å². The number of nitrogens with one attached hydrogen (secondary N) is 1. The number of ether oxygens (including phenoxy) is 1. The van der Waals surface area contributed by atoms with Crippen LogP contribution in [0.5, 0.6) is 0 Å². The van der Waals surface area contributed by atoms with Crippen LogP contribution >= 0.6 is 0 Å². The first-order valence-corrected chi connectivity index (χ1v) is 6.34. The SMILES string of the molecule is O=c1ccccn1CCNCC1CCCCO1. The highest BCUT2D eigenvalue weighted by molar-refractivity contribution is 4.93. The molecular formula is C13H20N2O2. The molecule has 1 aliphatic rings. The maximum atomic E-state index is 11.4. The van der Waals surface area contributed by atoms with Crippen LogP contribution in [0.2, 0.25) is 0 Å². The third kappa shape index (κ3) is 3.98. The summed E-state index contributed by atoms with van der Waals surface area (Å²) in [6.45, 7) is 3.31. The molecule has 1 saturated heterocycles. The molecule has 0 amide bonds. The number of hydrogen-bond donors (Lipinski definition) is 1. The van der Waals surface area contributed by atoms with Gasteiger partial charge < -0.3 is 14.6 Å². The van der Waals surface area contributed by atoms with Gasteiger partial charge in [-0.1, -0.05) is 6.07 Å². The molecule has 0 radical (unpaired) electrons. The lowest BCUT2D eigenvalue weighted by Gasteiger charge is -2.22. The fraction of sp³-hybridized carbons (Fsp3) is 0.615. The predicted octanol–water partition coefficient (Wildman–Crippen LogP) is 1.01. The van der Waals surface area contributed by atoms with Crippen molar-refractivity contribution in [3.63, 3.8) is 0 Å². The standard InChI is InChI=1S/C13H20N2O2/c16-13-6-1-3-8-15(13)9-7-14-11-12-5-2-4-10-17-12/h1,3,6,8,12,14H,2,4-5,7,9-11H2. The van der Waals surface area contributed by atoms with Gasteiger partial charge in [0.15, 0.2) is 0 Å². The van der Waals surface area contributed by atoms with Crippen LogP contribution < -0.4 is 10.9 Å². The van der Waals surface area contributed by atoms with Crippen molar-refractivity contribution in [2.24, 2.45) is 0 Å². The minimum absolute atomic E-state index is 0.0585. The van der Waals surface area contributed by atoms with Crippen LogP contribution in [0.3, 0.4) is 0 Å². The third-order valence-electron chi connectivity index (χ3n) is 3.07. The molecule has 1 fully saturated rings. The van der Waals surface area contributed by atoms with Crippen LogP contribution in [0, 0.1) is 0 Å². The van der Waals surface area contributed by atoms with Crippen molar-refractivity contribution in [2.75, 3.05) is 19.7 Å². The first kappa shape index (κ1) is 12.3. The lowest BCUT2D eigenvalue weighted by molar-refractivity contribution is 0.0169. The summed E-state index contributed by atoms with van der Waals surface area (Å²) in [5.41, 5.74) is 0.0585. The molecular weight excluding hydrogens is 216 g/mol. The summed E-state index contributed by atoms with van der Waals surface area (Å²) in [6, 6.07) is 5.23. The molecule has 1 aromatic heterocycles. The average Bonchev–Trinajstić information content (AvgIpc) is 2.38. The molecule has 2 heterocycles. The van der Waals surface area contributed by atoms with Crippen molar-refractivity contribution >= 4 is 0 Å². The monoisotopic (exact) mass is 236 g/mol. The molecule has 0 saturated carbocycles. The van der Waals surface area contributed by atoms with Gasteiger partial charge in [-0.05, 0) is 25.3 Å². The average molecular weight is 236 g/mol. The summed E-state index contributed by atoms with van der Waals surface area (Å²) in [5.74, 6) is 0. The van der Waals surface area contributed by atoms with Crippen molar-refractivity contribution in [2.45, 2.75) is 31.9 Å². The van der Waals surface area contributed by atoms with Crippen molar-refractivity contribution in [1.29, 1.82) is 0 Å². The van der Waals surface area contributed by atoms with E-state index in [4.69, 9.17) is 4.74 Å². The van der Waals surface area contributed by atoms with E-state index in [0.717, 1.165) is 26.1 Å². The molecule has 4 heteroatoms. The highest BCUT2D eigenvalue weighted by Crippen LogP contribution is 2.11. The highest BCUT2D eigenvalue weighted by Gasteiger charge is 2.12. The number of rotatable bonds is 5. The quantitative estimate of drug-likeness (QED) is 0.776. The van der Waals surface area contributed by atoms with Crippen molar-refractivity contribution in [3.8, 4) is 0 Å². The van der Waals surface area contributed by atoms with E-state index < -0.39 is 0 Å². The largest absolute Gasteiger partial charge is 0.377 e. The van der Waals surface area contributed by atoms with Gasteiger partial charge in [-0.15, -0.1) is 0 Å². The van der Waals surface area contributed by atoms with Crippen molar-refractivity contribution < 1.29 is 4.74 Å². The zero-order valence-electron chi connectivity index (χ0n) is 10.1. The van der Waals surface area contributed by atoms with Gasteiger partial charge in [-0.25, -0.2) is 0 Å². The van der Waals surface area contributed by atoms with E-state index in [1.165, 1.54) is 12.8 Å². The summed E-state index contributed by atoms with van der Waals surface area (Å²) < 4.78 is 7.34. The van der Waals surface area contributed by atoms with Crippen molar-refractivity contribution in [3.05, 3.63) is 34.7 Å². The zero-order chi connectivity index (χ0) is 11.9. The van der Waals surface area contributed by atoms with Crippen LogP contribution in [0.1, 0.15) is 19.3 Å². The second-order valence-electron chi connectivity index (χ2n) is 4.42. The van der Waals surface area contributed by atoms with Crippen LogP contribution in [0.25, 0.3) is 0 Å². The van der Waals surface area contributed by atoms with Gasteiger partial charge in [0.25, 0.3) is 5.56 Å². The third-order valence-corrected chi connectivity index (χ3v) is 3.07. The van der Waals surface area contributed by atoms with E-state index in [2.05, 4.69) is 5.32 Å². The molecule has 1 N–H and O–H groups in total. The number of nitrogens with zero attached hydrogens (tertiary/aromatic N) is 1. The lowest BCUT2D eigenvalue weighted by Crippen LogP contribution is -2.34. The van der Waals surface area contributed by atoms with E-state index in [0.29, 0.717) is 12.6 Å². The van der Waals surface area contributed by atoms with Gasteiger partial charge in [0.2, 0.25) is 0 Å². The van der Waals surface area contributed by atoms with E-state index >= 15 is 0 Å². The molecule has 0 bridgehead atoms. The minimum atomic E-state index is 0.0585. The lowest BCUT2D eigenvalue weighted by atomic mass is 10.1. The molecule has 2 rings (SSSR count). The Morgan fingerprint density at radius 3 is 3.12 bits per heavy atom. The van der Waals surface area contributed by atoms with E-state index in [-0.39, 0.29) is 5.56 Å². The molecule has 17 heavy (non-hydrogen) atoms. The molecule has 94 valence electrons. The normalized spacial score (nSPS) is 20.4. The van der Waals surface area contributed by atoms with Crippen LogP contribution in [0.15, 0.2) is 29.2 Å². The van der Waals surface area contributed by atoms with Gasteiger partial charge in [0, 0.05) is 38.5 Å². The Balaban J connectivity index is 1.66. The molecule has 0 aromatic carbocycles. The Hall–Kier alpha value is -1.13. The Morgan fingerprint density at radius 1 is 1.41 bits per heavy atom. The number of aromatic nitrogens is 1. The molecule has 1 unspecified atom stereocenters. The fourth-order valence-electron chi connectivity index (χ4n) is 2.08. The topological polar surface area (TPSA) is 43.3 Å². The first-order chi connectivity index (χ1) is 8.36. The molecule has 0 spiro atoms. The summed E-state index contributed by atoms with van der Waals surface area (Å²) in [5, 5.41) is 3.35. The fourth-order valence-corrected chi connectivity index (χ4v) is 2.08. The maximum absolute atomic E-state index is 11.4. The second kappa shape index (κ2) is 6.57. The zero-order valence-corrected chi connectivity index (χ0v) is 10.1. The molecule has 0 aliphatic carbocycles. The maximum Gasteiger partial charge on any atom is 0.250 e. The summed E-state index contributed by atoms with van der Waals surface area (Å²) >= 11 is 0. The Bertz CT molecular complexity index is 383. The minimum Gasteiger partial charge on any atom is -0.377 e. The Morgan fingerprint density at radius 2 is 2.35 bits per heavy atom. The second-order valence-corrected chi connectivity index (χ2v) is 4.42. The molecule has 1 aromatic rings. The summed E-state index contributed by atoms with van der Waals surface area (Å²) in [7, 11) is 0. The summed E-state index contributed by atoms with van der Waals surface area (Å²) in [6.07, 6.45) is 5.79. The predicted molar refractivity (Wildman–Crippen MR) is 67.2 cm³/mol.